The molecule has 0 spiro atoms. The zero-order valence-corrected chi connectivity index (χ0v) is 44.6. The summed E-state index contributed by atoms with van der Waals surface area (Å²) in [5.41, 5.74) is 0. The number of aliphatic hydroxyl groups is 2. The second-order valence-corrected chi connectivity index (χ2v) is 20.0. The van der Waals surface area contributed by atoms with Crippen LogP contribution in [0.15, 0.2) is 48.6 Å². The van der Waals surface area contributed by atoms with Gasteiger partial charge in [0.15, 0.2) is 0 Å². The summed E-state index contributed by atoms with van der Waals surface area (Å²) >= 11 is 0. The van der Waals surface area contributed by atoms with Crippen LogP contribution in [0.25, 0.3) is 0 Å². The van der Waals surface area contributed by atoms with Crippen LogP contribution in [0.1, 0.15) is 303 Å². The summed E-state index contributed by atoms with van der Waals surface area (Å²) in [7, 11) is 0. The van der Waals surface area contributed by atoms with E-state index in [1.807, 2.05) is 6.08 Å². The van der Waals surface area contributed by atoms with E-state index in [9.17, 15) is 19.8 Å². The smallest absolute Gasteiger partial charge is 0.305 e. The number of esters is 1. The highest BCUT2D eigenvalue weighted by atomic mass is 16.5. The Hall–Kier alpha value is -2.18. The minimum absolute atomic E-state index is 0.0469. The van der Waals surface area contributed by atoms with Crippen molar-refractivity contribution >= 4 is 11.9 Å². The third-order valence-electron chi connectivity index (χ3n) is 13.3. The number of unbranched alkanes of at least 4 members (excludes halogenated alkanes) is 37. The molecule has 67 heavy (non-hydrogen) atoms. The van der Waals surface area contributed by atoms with Crippen molar-refractivity contribution < 1.29 is 24.5 Å². The van der Waals surface area contributed by atoms with Gasteiger partial charge in [-0.3, -0.25) is 9.59 Å². The lowest BCUT2D eigenvalue weighted by Gasteiger charge is -2.20. The van der Waals surface area contributed by atoms with Crippen molar-refractivity contribution in [1.29, 1.82) is 0 Å². The van der Waals surface area contributed by atoms with E-state index in [4.69, 9.17) is 4.74 Å². The van der Waals surface area contributed by atoms with Crippen LogP contribution in [-0.4, -0.2) is 47.4 Å². The summed E-state index contributed by atoms with van der Waals surface area (Å²) in [6, 6.07) is -0.652. The van der Waals surface area contributed by atoms with E-state index >= 15 is 0 Å². The van der Waals surface area contributed by atoms with E-state index in [0.717, 1.165) is 96.3 Å². The minimum atomic E-state index is -0.866. The highest BCUT2D eigenvalue weighted by Crippen LogP contribution is 2.16. The van der Waals surface area contributed by atoms with Crippen LogP contribution in [0.4, 0.5) is 0 Å². The Morgan fingerprint density at radius 3 is 1.18 bits per heavy atom. The molecule has 0 bridgehead atoms. The number of amides is 1. The Morgan fingerprint density at radius 2 is 0.746 bits per heavy atom. The zero-order chi connectivity index (χ0) is 48.6. The summed E-state index contributed by atoms with van der Waals surface area (Å²) in [4.78, 5) is 24.5. The number of carbonyl (C=O) groups is 2. The molecule has 6 heteroatoms. The molecule has 392 valence electrons. The maximum atomic E-state index is 12.5. The fourth-order valence-corrected chi connectivity index (χ4v) is 8.78. The molecule has 0 saturated heterocycles. The normalized spacial score (nSPS) is 13.0. The Balaban J connectivity index is 3.55. The number of aliphatic hydroxyl groups excluding tert-OH is 2. The molecule has 0 saturated carbocycles. The van der Waals surface area contributed by atoms with Gasteiger partial charge in [0, 0.05) is 12.8 Å². The molecule has 2 atom stereocenters. The number of hydrogen-bond acceptors (Lipinski definition) is 5. The number of nitrogens with one attached hydrogen (secondary N) is 1. The Labute approximate surface area is 416 Å². The first kappa shape index (κ1) is 64.8. The fraction of sp³-hybridized carbons (Fsp3) is 0.836. The molecule has 3 N–H and O–H groups in total. The average molecular weight is 941 g/mol. The van der Waals surface area contributed by atoms with Gasteiger partial charge < -0.3 is 20.3 Å². The maximum Gasteiger partial charge on any atom is 0.305 e. The van der Waals surface area contributed by atoms with Crippen molar-refractivity contribution in [2.75, 3.05) is 13.2 Å². The van der Waals surface area contributed by atoms with Crippen LogP contribution in [0.3, 0.4) is 0 Å². The second-order valence-electron chi connectivity index (χ2n) is 20.0. The van der Waals surface area contributed by atoms with Crippen LogP contribution < -0.4 is 5.32 Å². The van der Waals surface area contributed by atoms with Gasteiger partial charge >= 0.3 is 5.97 Å². The molecular weight excluding hydrogens is 827 g/mol. The average Bonchev–Trinajstić information content (AvgIpc) is 3.33. The quantitative estimate of drug-likeness (QED) is 0.0321. The molecule has 2 unspecified atom stereocenters. The van der Waals surface area contributed by atoms with Crippen LogP contribution in [0.2, 0.25) is 0 Å². The molecule has 6 nitrogen and oxygen atoms in total. The molecule has 0 aromatic carbocycles. The van der Waals surface area contributed by atoms with Crippen molar-refractivity contribution in [3.63, 3.8) is 0 Å². The molecule has 0 aromatic heterocycles. The van der Waals surface area contributed by atoms with E-state index in [1.165, 1.54) is 180 Å². The van der Waals surface area contributed by atoms with E-state index in [2.05, 4.69) is 55.6 Å². The number of ether oxygens (including phenoxy) is 1. The first-order chi connectivity index (χ1) is 33.0. The predicted molar refractivity (Wildman–Crippen MR) is 292 cm³/mol. The molecule has 0 aromatic rings. The van der Waals surface area contributed by atoms with E-state index in [0.29, 0.717) is 19.4 Å². The fourth-order valence-electron chi connectivity index (χ4n) is 8.78. The van der Waals surface area contributed by atoms with Crippen molar-refractivity contribution in [2.45, 2.75) is 315 Å². The third-order valence-corrected chi connectivity index (χ3v) is 13.3. The van der Waals surface area contributed by atoms with E-state index in [1.54, 1.807) is 6.08 Å². The summed E-state index contributed by atoms with van der Waals surface area (Å²) < 4.78 is 5.43. The highest BCUT2D eigenvalue weighted by Gasteiger charge is 2.18. The van der Waals surface area contributed by atoms with Gasteiger partial charge in [-0.1, -0.05) is 249 Å². The van der Waals surface area contributed by atoms with Crippen LogP contribution >= 0.6 is 0 Å². The van der Waals surface area contributed by atoms with Crippen molar-refractivity contribution in [1.82, 2.24) is 5.32 Å². The van der Waals surface area contributed by atoms with Crippen LogP contribution in [0.5, 0.6) is 0 Å². The first-order valence-corrected chi connectivity index (χ1v) is 29.4. The minimum Gasteiger partial charge on any atom is -0.466 e. The van der Waals surface area contributed by atoms with Crippen LogP contribution in [0, 0.1) is 0 Å². The Morgan fingerprint density at radius 1 is 0.418 bits per heavy atom. The lowest BCUT2D eigenvalue weighted by Crippen LogP contribution is -2.45. The Kier molecular flexibility index (Phi) is 54.6. The summed E-state index contributed by atoms with van der Waals surface area (Å²) in [5.74, 6) is -0.143. The summed E-state index contributed by atoms with van der Waals surface area (Å²) in [6.45, 7) is 4.80. The maximum absolute atomic E-state index is 12.5. The number of rotatable bonds is 54. The molecule has 0 aliphatic heterocycles. The molecular formula is C61H113NO5. The van der Waals surface area contributed by atoms with Gasteiger partial charge in [-0.25, -0.2) is 0 Å². The summed E-state index contributed by atoms with van der Waals surface area (Å²) in [6.07, 6.45) is 71.4. The second kappa shape index (κ2) is 56.4. The monoisotopic (exact) mass is 940 g/mol. The van der Waals surface area contributed by atoms with Gasteiger partial charge in [-0.05, 0) is 89.9 Å². The molecule has 0 aliphatic rings. The molecule has 0 rings (SSSR count). The molecule has 0 fully saturated rings. The molecule has 0 heterocycles. The van der Waals surface area contributed by atoms with Gasteiger partial charge in [0.1, 0.15) is 0 Å². The Bertz CT molecular complexity index is 1130. The highest BCUT2D eigenvalue weighted by molar-refractivity contribution is 5.76. The topological polar surface area (TPSA) is 95.9 Å². The zero-order valence-electron chi connectivity index (χ0n) is 44.6. The SMILES string of the molecule is CCCCC/C=C\C/C=C\CCCCCCCC(=O)OCCCC/C=C\CCCCCCCC(=O)NC(CO)C(O)/C=C/CCCCCCCCCCCCCCCCCCCCCCCC. The lowest BCUT2D eigenvalue weighted by atomic mass is 10.0. The van der Waals surface area contributed by atoms with Gasteiger partial charge in [0.25, 0.3) is 0 Å². The standard InChI is InChI=1S/C61H113NO5/c1-3-5-7-9-11-13-15-17-19-20-21-22-23-24-25-26-27-29-30-33-37-41-45-49-53-59(64)58(57-63)62-60(65)54-50-46-42-38-34-32-36-40-44-48-52-56-67-61(66)55-51-47-43-39-35-31-28-18-16-14-12-10-8-6-4-2/h12,14,18,28,36,40,49,53,58-59,63-64H,3-11,13,15-17,19-27,29-35,37-39,41-48,50-52,54-57H2,1-2H3,(H,62,65)/b14-12-,28-18-,40-36-,53-49+. The van der Waals surface area contributed by atoms with Crippen molar-refractivity contribution in [3.8, 4) is 0 Å². The number of hydrogen-bond donors (Lipinski definition) is 3. The third kappa shape index (κ3) is 53.0. The lowest BCUT2D eigenvalue weighted by molar-refractivity contribution is -0.143. The van der Waals surface area contributed by atoms with Crippen molar-refractivity contribution in [2.24, 2.45) is 0 Å². The predicted octanol–water partition coefficient (Wildman–Crippen LogP) is 18.2. The van der Waals surface area contributed by atoms with Gasteiger partial charge in [-0.15, -0.1) is 0 Å². The summed E-state index contributed by atoms with van der Waals surface area (Å²) in [5, 5.41) is 23.2. The van der Waals surface area contributed by atoms with E-state index < -0.39 is 12.1 Å². The van der Waals surface area contributed by atoms with Crippen molar-refractivity contribution in [3.05, 3.63) is 48.6 Å². The molecule has 0 aliphatic carbocycles. The molecule has 0 radical (unpaired) electrons. The van der Waals surface area contributed by atoms with Crippen LogP contribution in [-0.2, 0) is 14.3 Å². The first-order valence-electron chi connectivity index (χ1n) is 29.4. The number of allylic oxidation sites excluding steroid dienone is 7. The van der Waals surface area contributed by atoms with Gasteiger partial charge in [0.05, 0.1) is 25.4 Å². The van der Waals surface area contributed by atoms with Gasteiger partial charge in [0.2, 0.25) is 5.91 Å². The number of carbonyl (C=O) groups excluding carboxylic acids is 2. The van der Waals surface area contributed by atoms with E-state index in [-0.39, 0.29) is 18.5 Å². The van der Waals surface area contributed by atoms with Gasteiger partial charge in [-0.2, -0.15) is 0 Å². The molecule has 1 amide bonds. The largest absolute Gasteiger partial charge is 0.466 e.